The molecule has 132 valence electrons. The van der Waals surface area contributed by atoms with E-state index in [4.69, 9.17) is 0 Å². The Bertz CT molecular complexity index is 994. The second-order valence-corrected chi connectivity index (χ2v) is 7.45. The van der Waals surface area contributed by atoms with Crippen LogP contribution in [0.3, 0.4) is 0 Å². The van der Waals surface area contributed by atoms with Crippen molar-refractivity contribution in [2.45, 2.75) is 37.6 Å². The summed E-state index contributed by atoms with van der Waals surface area (Å²) in [4.78, 5) is 22.6. The van der Waals surface area contributed by atoms with E-state index in [2.05, 4.69) is 14.9 Å². The smallest absolute Gasteiger partial charge is 0.254 e. The fraction of sp³-hybridized carbons (Fsp3) is 0.333. The Morgan fingerprint density at radius 2 is 2.15 bits per heavy atom. The van der Waals surface area contributed by atoms with Crippen molar-refractivity contribution in [3.63, 3.8) is 0 Å². The van der Waals surface area contributed by atoms with Crippen LogP contribution < -0.4 is 0 Å². The van der Waals surface area contributed by atoms with E-state index in [1.807, 2.05) is 30.3 Å². The van der Waals surface area contributed by atoms with E-state index < -0.39 is 0 Å². The van der Waals surface area contributed by atoms with Gasteiger partial charge in [-0.2, -0.15) is 0 Å². The molecule has 0 spiro atoms. The first kappa shape index (κ1) is 15.4. The van der Waals surface area contributed by atoms with Crippen LogP contribution in [-0.2, 0) is 6.42 Å². The number of likely N-dealkylation sites (tertiary alicyclic amines) is 1. The molecule has 2 aromatic carbocycles. The summed E-state index contributed by atoms with van der Waals surface area (Å²) in [6.07, 6.45) is 5.56. The van der Waals surface area contributed by atoms with E-state index in [0.29, 0.717) is 11.7 Å². The number of aromatic nitrogens is 2. The average Bonchev–Trinajstić information content (AvgIpc) is 3.05. The SMILES string of the molecule is O=C(c1ccc2nc[nH]c2c1)N1CCC[C@@H]2C[C@H]1Cc1ccc(O)cc12. The van der Waals surface area contributed by atoms with Crippen molar-refractivity contribution in [2.24, 2.45) is 0 Å². The van der Waals surface area contributed by atoms with Gasteiger partial charge in [0.15, 0.2) is 0 Å². The molecule has 0 radical (unpaired) electrons. The number of hydrogen-bond acceptors (Lipinski definition) is 3. The predicted molar refractivity (Wildman–Crippen MR) is 99.3 cm³/mol. The molecule has 1 amide bonds. The average molecular weight is 347 g/mol. The number of phenols is 1. The lowest BCUT2D eigenvalue weighted by atomic mass is 9.78. The molecule has 1 fully saturated rings. The van der Waals surface area contributed by atoms with Crippen molar-refractivity contribution in [1.29, 1.82) is 0 Å². The van der Waals surface area contributed by atoms with E-state index in [9.17, 15) is 9.90 Å². The third-order valence-corrected chi connectivity index (χ3v) is 5.90. The maximum Gasteiger partial charge on any atom is 0.254 e. The second kappa shape index (κ2) is 5.87. The number of imidazole rings is 1. The molecule has 1 aliphatic carbocycles. The number of carbonyl (C=O) groups is 1. The van der Waals surface area contributed by atoms with Crippen molar-refractivity contribution in [3.8, 4) is 5.75 Å². The second-order valence-electron chi connectivity index (χ2n) is 7.45. The Hall–Kier alpha value is -2.82. The van der Waals surface area contributed by atoms with Gasteiger partial charge < -0.3 is 15.0 Å². The monoisotopic (exact) mass is 347 g/mol. The van der Waals surface area contributed by atoms with Gasteiger partial charge in [0.05, 0.1) is 17.4 Å². The highest BCUT2D eigenvalue weighted by Crippen LogP contribution is 2.40. The number of fused-ring (bicyclic) bond motifs is 5. The standard InChI is InChI=1S/C21H21N3O2/c25-17-5-3-14-9-16-8-13(18(14)11-17)2-1-7-24(16)21(26)15-4-6-19-20(10-15)23-12-22-19/h3-6,10-13,16,25H,1-2,7-9H2,(H,22,23)/t13-,16+/m1/s1. The molecule has 5 heteroatoms. The van der Waals surface area contributed by atoms with Gasteiger partial charge in [0, 0.05) is 18.2 Å². The van der Waals surface area contributed by atoms with E-state index in [1.165, 1.54) is 11.1 Å². The lowest BCUT2D eigenvalue weighted by Crippen LogP contribution is -2.43. The van der Waals surface area contributed by atoms with Crippen molar-refractivity contribution in [2.75, 3.05) is 6.54 Å². The zero-order valence-electron chi connectivity index (χ0n) is 14.5. The lowest BCUT2D eigenvalue weighted by Gasteiger charge is -2.35. The summed E-state index contributed by atoms with van der Waals surface area (Å²) in [6, 6.07) is 11.6. The largest absolute Gasteiger partial charge is 0.508 e. The first-order valence-electron chi connectivity index (χ1n) is 9.25. The number of aromatic amines is 1. The van der Waals surface area contributed by atoms with Crippen LogP contribution in [-0.4, -0.2) is 38.5 Å². The highest BCUT2D eigenvalue weighted by Gasteiger charge is 2.35. The van der Waals surface area contributed by atoms with Gasteiger partial charge in [-0.15, -0.1) is 0 Å². The van der Waals surface area contributed by atoms with Crippen LogP contribution in [0.4, 0.5) is 0 Å². The summed E-state index contributed by atoms with van der Waals surface area (Å²) in [7, 11) is 0. The molecule has 1 aromatic heterocycles. The van der Waals surface area contributed by atoms with Gasteiger partial charge in [-0.25, -0.2) is 4.98 Å². The molecule has 3 aromatic rings. The number of benzene rings is 2. The van der Waals surface area contributed by atoms with Gasteiger partial charge in [-0.1, -0.05) is 6.07 Å². The van der Waals surface area contributed by atoms with Crippen molar-refractivity contribution < 1.29 is 9.90 Å². The number of carbonyl (C=O) groups excluding carboxylic acids is 1. The summed E-state index contributed by atoms with van der Waals surface area (Å²) in [5.41, 5.74) is 5.04. The Labute approximate surface area is 151 Å². The van der Waals surface area contributed by atoms with E-state index >= 15 is 0 Å². The molecule has 2 atom stereocenters. The number of phenolic OH excluding ortho intramolecular Hbond substituents is 1. The molecule has 2 heterocycles. The summed E-state index contributed by atoms with van der Waals surface area (Å²) < 4.78 is 0. The van der Waals surface area contributed by atoms with Gasteiger partial charge in [0.2, 0.25) is 0 Å². The third kappa shape index (κ3) is 2.46. The van der Waals surface area contributed by atoms with Gasteiger partial charge in [0.25, 0.3) is 5.91 Å². The molecule has 5 nitrogen and oxygen atoms in total. The van der Waals surface area contributed by atoms with Gasteiger partial charge in [-0.05, 0) is 73.1 Å². The molecule has 1 aliphatic heterocycles. The van der Waals surface area contributed by atoms with Crippen molar-refractivity contribution in [3.05, 3.63) is 59.4 Å². The predicted octanol–water partition coefficient (Wildman–Crippen LogP) is 3.60. The molecular formula is C21H21N3O2. The van der Waals surface area contributed by atoms with Crippen LogP contribution in [0, 0.1) is 0 Å². The molecule has 2 bridgehead atoms. The number of nitrogens with one attached hydrogen (secondary N) is 1. The molecule has 1 saturated heterocycles. The number of hydrogen-bond donors (Lipinski definition) is 2. The normalized spacial score (nSPS) is 22.1. The lowest BCUT2D eigenvalue weighted by molar-refractivity contribution is 0.0675. The minimum atomic E-state index is 0.106. The zero-order chi connectivity index (χ0) is 17.7. The quantitative estimate of drug-likeness (QED) is 0.707. The summed E-state index contributed by atoms with van der Waals surface area (Å²) >= 11 is 0. The summed E-state index contributed by atoms with van der Waals surface area (Å²) in [5.74, 6) is 0.880. The molecule has 0 unspecified atom stereocenters. The maximum atomic E-state index is 13.2. The Morgan fingerprint density at radius 1 is 1.23 bits per heavy atom. The Morgan fingerprint density at radius 3 is 3.08 bits per heavy atom. The molecule has 26 heavy (non-hydrogen) atoms. The van der Waals surface area contributed by atoms with Crippen LogP contribution in [0.25, 0.3) is 11.0 Å². The minimum Gasteiger partial charge on any atom is -0.508 e. The van der Waals surface area contributed by atoms with E-state index in [1.54, 1.807) is 12.4 Å². The Balaban J connectivity index is 1.48. The summed E-state index contributed by atoms with van der Waals surface area (Å²) in [6.45, 7) is 0.793. The van der Waals surface area contributed by atoms with Crippen LogP contribution >= 0.6 is 0 Å². The van der Waals surface area contributed by atoms with Gasteiger partial charge >= 0.3 is 0 Å². The zero-order valence-corrected chi connectivity index (χ0v) is 14.5. The number of H-pyrrole nitrogens is 1. The fourth-order valence-electron chi connectivity index (χ4n) is 4.64. The van der Waals surface area contributed by atoms with Gasteiger partial charge in [0.1, 0.15) is 5.75 Å². The Kier molecular flexibility index (Phi) is 3.48. The topological polar surface area (TPSA) is 69.2 Å². The number of rotatable bonds is 1. The van der Waals surface area contributed by atoms with E-state index in [0.717, 1.165) is 48.8 Å². The molecule has 5 rings (SSSR count). The molecular weight excluding hydrogens is 326 g/mol. The summed E-state index contributed by atoms with van der Waals surface area (Å²) in [5, 5.41) is 9.84. The first-order valence-corrected chi connectivity index (χ1v) is 9.25. The number of amides is 1. The van der Waals surface area contributed by atoms with Gasteiger partial charge in [-0.3, -0.25) is 4.79 Å². The van der Waals surface area contributed by atoms with Crippen LogP contribution in [0.2, 0.25) is 0 Å². The highest BCUT2D eigenvalue weighted by molar-refractivity contribution is 5.97. The van der Waals surface area contributed by atoms with Crippen molar-refractivity contribution >= 4 is 16.9 Å². The van der Waals surface area contributed by atoms with Crippen LogP contribution in [0.1, 0.15) is 46.7 Å². The minimum absolute atomic E-state index is 0.106. The fourth-order valence-corrected chi connectivity index (χ4v) is 4.64. The number of nitrogens with zero attached hydrogens (tertiary/aromatic N) is 2. The number of aromatic hydroxyl groups is 1. The molecule has 2 N–H and O–H groups in total. The van der Waals surface area contributed by atoms with Crippen LogP contribution in [0.15, 0.2) is 42.7 Å². The van der Waals surface area contributed by atoms with Crippen molar-refractivity contribution in [1.82, 2.24) is 14.9 Å². The first-order chi connectivity index (χ1) is 12.7. The third-order valence-electron chi connectivity index (χ3n) is 5.90. The van der Waals surface area contributed by atoms with Crippen LogP contribution in [0.5, 0.6) is 5.75 Å². The molecule has 0 saturated carbocycles. The highest BCUT2D eigenvalue weighted by atomic mass is 16.3. The van der Waals surface area contributed by atoms with E-state index in [-0.39, 0.29) is 11.9 Å². The maximum absolute atomic E-state index is 13.2. The molecule has 2 aliphatic rings.